The zero-order valence-electron chi connectivity index (χ0n) is 14.9. The lowest BCUT2D eigenvalue weighted by Crippen LogP contribution is -2.31. The number of hydrogen-bond acceptors (Lipinski definition) is 6. The maximum absolute atomic E-state index is 14.2. The maximum Gasteiger partial charge on any atom is 0.494 e. The molecule has 10 heteroatoms. The Morgan fingerprint density at radius 2 is 2.25 bits per heavy atom. The average Bonchev–Trinajstić information content (AvgIpc) is 3.02. The molecule has 0 unspecified atom stereocenters. The van der Waals surface area contributed by atoms with Crippen LogP contribution in [-0.4, -0.2) is 29.5 Å². The van der Waals surface area contributed by atoms with Gasteiger partial charge in [-0.05, 0) is 31.0 Å². The lowest BCUT2D eigenvalue weighted by atomic mass is 9.79. The SMILES string of the molecule is [C-]#[N+]c1cc(Cl)c(Oc2cc(F)c3c(c2)COB3O)nc1OCCCC(C)=O. The summed E-state index contributed by atoms with van der Waals surface area (Å²) in [6.07, 6.45) is 0.832. The number of rotatable bonds is 7. The molecule has 1 aliphatic rings. The summed E-state index contributed by atoms with van der Waals surface area (Å²) in [5, 5.41) is 9.67. The van der Waals surface area contributed by atoms with E-state index in [4.69, 9.17) is 32.3 Å². The Balaban J connectivity index is 1.82. The molecule has 2 heterocycles. The first kappa shape index (κ1) is 20.1. The fourth-order valence-corrected chi connectivity index (χ4v) is 2.84. The lowest BCUT2D eigenvalue weighted by Gasteiger charge is -2.12. The Bertz CT molecular complexity index is 966. The predicted octanol–water partition coefficient (Wildman–Crippen LogP) is 3.18. The van der Waals surface area contributed by atoms with Crippen LogP contribution in [0.3, 0.4) is 0 Å². The molecule has 0 radical (unpaired) electrons. The van der Waals surface area contributed by atoms with Gasteiger partial charge in [0, 0.05) is 17.9 Å². The molecule has 28 heavy (non-hydrogen) atoms. The molecule has 2 aromatic rings. The first-order valence-corrected chi connectivity index (χ1v) is 8.77. The molecule has 0 saturated carbocycles. The molecule has 0 fully saturated rings. The van der Waals surface area contributed by atoms with E-state index in [0.717, 1.165) is 6.07 Å². The largest absolute Gasteiger partial charge is 0.494 e. The van der Waals surface area contributed by atoms with E-state index in [1.54, 1.807) is 0 Å². The Labute approximate surface area is 166 Å². The molecule has 1 aliphatic heterocycles. The first-order chi connectivity index (χ1) is 13.4. The zero-order chi connectivity index (χ0) is 20.3. The van der Waals surface area contributed by atoms with E-state index in [2.05, 4.69) is 9.83 Å². The summed E-state index contributed by atoms with van der Waals surface area (Å²) in [5.74, 6) is -0.573. The van der Waals surface area contributed by atoms with Gasteiger partial charge in [-0.1, -0.05) is 11.6 Å². The van der Waals surface area contributed by atoms with Crippen molar-refractivity contribution in [2.24, 2.45) is 0 Å². The van der Waals surface area contributed by atoms with Crippen LogP contribution in [0.15, 0.2) is 18.2 Å². The highest BCUT2D eigenvalue weighted by atomic mass is 35.5. The Kier molecular flexibility index (Phi) is 6.14. The van der Waals surface area contributed by atoms with Gasteiger partial charge in [0.15, 0.2) is 0 Å². The van der Waals surface area contributed by atoms with Gasteiger partial charge in [-0.3, -0.25) is 0 Å². The maximum atomic E-state index is 14.2. The molecule has 0 spiro atoms. The van der Waals surface area contributed by atoms with E-state index in [1.165, 1.54) is 19.1 Å². The molecule has 3 rings (SSSR count). The van der Waals surface area contributed by atoms with E-state index in [0.29, 0.717) is 18.4 Å². The van der Waals surface area contributed by atoms with E-state index in [-0.39, 0.29) is 52.7 Å². The zero-order valence-corrected chi connectivity index (χ0v) is 15.6. The number of halogens is 2. The second-order valence-corrected chi connectivity index (χ2v) is 6.52. The Hall–Kier alpha value is -2.67. The van der Waals surface area contributed by atoms with Crippen molar-refractivity contribution in [2.75, 3.05) is 6.61 Å². The van der Waals surface area contributed by atoms with E-state index >= 15 is 0 Å². The predicted molar refractivity (Wildman–Crippen MR) is 99.8 cm³/mol. The van der Waals surface area contributed by atoms with Gasteiger partial charge in [0.1, 0.15) is 17.3 Å². The van der Waals surface area contributed by atoms with Gasteiger partial charge in [-0.2, -0.15) is 4.98 Å². The van der Waals surface area contributed by atoms with Gasteiger partial charge >= 0.3 is 7.12 Å². The second-order valence-electron chi connectivity index (χ2n) is 6.11. The van der Waals surface area contributed by atoms with Crippen molar-refractivity contribution in [3.8, 4) is 17.5 Å². The summed E-state index contributed by atoms with van der Waals surface area (Å²) in [4.78, 5) is 18.4. The number of benzene rings is 1. The van der Waals surface area contributed by atoms with Crippen LogP contribution in [0.1, 0.15) is 25.3 Å². The first-order valence-electron chi connectivity index (χ1n) is 8.39. The highest BCUT2D eigenvalue weighted by Crippen LogP contribution is 2.37. The number of aromatic nitrogens is 1. The van der Waals surface area contributed by atoms with Crippen molar-refractivity contribution in [2.45, 2.75) is 26.4 Å². The fraction of sp³-hybridized carbons (Fsp3) is 0.278. The summed E-state index contributed by atoms with van der Waals surface area (Å²) in [7, 11) is -1.31. The molecule has 1 aromatic heterocycles. The summed E-state index contributed by atoms with van der Waals surface area (Å²) < 4.78 is 30.3. The Morgan fingerprint density at radius 1 is 1.46 bits per heavy atom. The van der Waals surface area contributed by atoms with Gasteiger partial charge in [0.25, 0.3) is 0 Å². The van der Waals surface area contributed by atoms with Crippen molar-refractivity contribution < 1.29 is 28.3 Å². The summed E-state index contributed by atoms with van der Waals surface area (Å²) in [5.41, 5.74) is 0.623. The Morgan fingerprint density at radius 3 is 2.96 bits per heavy atom. The van der Waals surface area contributed by atoms with Crippen LogP contribution < -0.4 is 14.9 Å². The number of ketones is 1. The summed E-state index contributed by atoms with van der Waals surface area (Å²) in [6.45, 7) is 8.94. The van der Waals surface area contributed by atoms with Gasteiger partial charge in [-0.15, -0.1) is 0 Å². The third kappa shape index (κ3) is 4.42. The second kappa shape index (κ2) is 8.56. The van der Waals surface area contributed by atoms with Crippen molar-refractivity contribution >= 4 is 35.7 Å². The summed E-state index contributed by atoms with van der Waals surface area (Å²) in [6, 6.07) is 3.95. The third-order valence-corrected chi connectivity index (χ3v) is 4.24. The van der Waals surface area contributed by atoms with Gasteiger partial charge in [-0.25, -0.2) is 9.24 Å². The lowest BCUT2D eigenvalue weighted by molar-refractivity contribution is -0.117. The standard InChI is InChI=1S/C18H15BClFN2O5/c1-10(24)4-3-5-26-18-15(22-2)8-13(20)17(23-18)28-12-6-11-9-27-19(25)16(11)14(21)7-12/h6-8,25H,3-5,9H2,1H3. The van der Waals surface area contributed by atoms with Crippen molar-refractivity contribution in [1.29, 1.82) is 0 Å². The van der Waals surface area contributed by atoms with Crippen LogP contribution in [0, 0.1) is 12.4 Å². The molecule has 7 nitrogen and oxygen atoms in total. The molecule has 0 aliphatic carbocycles. The fourth-order valence-electron chi connectivity index (χ4n) is 2.66. The van der Waals surface area contributed by atoms with Crippen LogP contribution in [0.25, 0.3) is 4.85 Å². The minimum atomic E-state index is -1.31. The van der Waals surface area contributed by atoms with Gasteiger partial charge in [0.2, 0.25) is 17.4 Å². The number of hydrogen-bond donors (Lipinski definition) is 1. The van der Waals surface area contributed by atoms with Crippen molar-refractivity contribution in [3.63, 3.8) is 0 Å². The summed E-state index contributed by atoms with van der Waals surface area (Å²) >= 11 is 6.12. The number of Topliss-reactive ketones (excluding diaryl/α,β-unsaturated/α-hetero) is 1. The molecule has 1 N–H and O–H groups in total. The van der Waals surface area contributed by atoms with Crippen molar-refractivity contribution in [1.82, 2.24) is 4.98 Å². The van der Waals surface area contributed by atoms with Gasteiger partial charge < -0.3 is 23.9 Å². The highest BCUT2D eigenvalue weighted by molar-refractivity contribution is 6.61. The van der Waals surface area contributed by atoms with E-state index in [1.807, 2.05) is 0 Å². The number of pyridine rings is 1. The van der Waals surface area contributed by atoms with Crippen molar-refractivity contribution in [3.05, 3.63) is 46.0 Å². The monoisotopic (exact) mass is 404 g/mol. The average molecular weight is 405 g/mol. The molecule has 0 saturated heterocycles. The van der Waals surface area contributed by atoms with Crippen LogP contribution in [0.5, 0.6) is 17.5 Å². The minimum absolute atomic E-state index is 0.0124. The van der Waals surface area contributed by atoms with E-state index in [9.17, 15) is 14.2 Å². The van der Waals surface area contributed by atoms with E-state index < -0.39 is 12.9 Å². The van der Waals surface area contributed by atoms with Crippen LogP contribution in [0.4, 0.5) is 10.1 Å². The molecular weight excluding hydrogens is 389 g/mol. The quantitative estimate of drug-likeness (QED) is 0.434. The smallest absolute Gasteiger partial charge is 0.486 e. The number of fused-ring (bicyclic) bond motifs is 1. The highest BCUT2D eigenvalue weighted by Gasteiger charge is 2.31. The molecule has 0 bridgehead atoms. The third-order valence-electron chi connectivity index (χ3n) is 3.97. The number of carbonyl (C=O) groups is 1. The number of ether oxygens (including phenoxy) is 2. The molecule has 0 amide bonds. The number of nitrogens with zero attached hydrogens (tertiary/aromatic N) is 2. The van der Waals surface area contributed by atoms with Gasteiger partial charge in [0.05, 0.1) is 24.8 Å². The molecular formula is C18H15BClFN2O5. The normalized spacial score (nSPS) is 12.5. The van der Waals surface area contributed by atoms with Crippen LogP contribution in [0.2, 0.25) is 5.02 Å². The number of carbonyl (C=O) groups excluding carboxylic acids is 1. The molecule has 0 atom stereocenters. The minimum Gasteiger partial charge on any atom is -0.486 e. The van der Waals surface area contributed by atoms with Crippen LogP contribution in [-0.2, 0) is 16.1 Å². The van der Waals surface area contributed by atoms with Crippen LogP contribution >= 0.6 is 11.6 Å². The molecule has 144 valence electrons. The topological polar surface area (TPSA) is 82.2 Å². The molecule has 1 aromatic carbocycles.